The Morgan fingerprint density at radius 1 is 1.57 bits per heavy atom. The van der Waals surface area contributed by atoms with Gasteiger partial charge < -0.3 is 15.7 Å². The summed E-state index contributed by atoms with van der Waals surface area (Å²) in [5.41, 5.74) is -0.829. The van der Waals surface area contributed by atoms with Crippen molar-refractivity contribution in [2.24, 2.45) is 0 Å². The van der Waals surface area contributed by atoms with Crippen LogP contribution in [0.25, 0.3) is 0 Å². The van der Waals surface area contributed by atoms with E-state index < -0.39 is 5.60 Å². The molecule has 0 unspecified atom stereocenters. The third kappa shape index (κ3) is 4.07. The number of nitrogens with one attached hydrogen (secondary N) is 2. The Kier molecular flexibility index (Phi) is 3.89. The first-order chi connectivity index (χ1) is 6.49. The molecule has 1 aliphatic rings. The number of piperidine rings is 1. The van der Waals surface area contributed by atoms with Crippen LogP contribution in [0, 0.1) is 0 Å². The molecule has 0 aliphatic carbocycles. The Balaban J connectivity index is 2.27. The molecule has 1 fully saturated rings. The minimum absolute atomic E-state index is 0.00632. The largest absolute Gasteiger partial charge is 0.389 e. The minimum atomic E-state index is -0.829. The Bertz CT molecular complexity index is 193. The second-order valence-corrected chi connectivity index (χ2v) is 4.53. The second kappa shape index (κ2) is 4.75. The lowest BCUT2D eigenvalue weighted by molar-refractivity contribution is -0.124. The first-order valence-corrected chi connectivity index (χ1v) is 5.22. The van der Waals surface area contributed by atoms with Crippen molar-refractivity contribution in [1.29, 1.82) is 0 Å². The van der Waals surface area contributed by atoms with Gasteiger partial charge in [-0.25, -0.2) is 0 Å². The summed E-state index contributed by atoms with van der Waals surface area (Å²) in [7, 11) is 0. The summed E-state index contributed by atoms with van der Waals surface area (Å²) in [5, 5.41) is 15.3. The molecule has 0 aromatic heterocycles. The van der Waals surface area contributed by atoms with Crippen molar-refractivity contribution in [1.82, 2.24) is 10.6 Å². The highest BCUT2D eigenvalue weighted by Crippen LogP contribution is 2.07. The summed E-state index contributed by atoms with van der Waals surface area (Å²) in [6.45, 7) is 4.59. The highest BCUT2D eigenvalue weighted by molar-refractivity contribution is 5.81. The molecule has 1 aliphatic heterocycles. The van der Waals surface area contributed by atoms with Gasteiger partial charge in [0.25, 0.3) is 0 Å². The summed E-state index contributed by atoms with van der Waals surface area (Å²) in [5.74, 6) is 0.00632. The van der Waals surface area contributed by atoms with Crippen molar-refractivity contribution in [3.63, 3.8) is 0 Å². The van der Waals surface area contributed by atoms with Gasteiger partial charge in [0.15, 0.2) is 0 Å². The molecule has 4 nitrogen and oxygen atoms in total. The molecule has 1 saturated heterocycles. The fraction of sp³-hybridized carbons (Fsp3) is 0.900. The van der Waals surface area contributed by atoms with E-state index in [1.54, 1.807) is 13.8 Å². The van der Waals surface area contributed by atoms with E-state index in [2.05, 4.69) is 10.6 Å². The number of hydrogen-bond acceptors (Lipinski definition) is 3. The van der Waals surface area contributed by atoms with Crippen LogP contribution in [-0.4, -0.2) is 35.7 Å². The van der Waals surface area contributed by atoms with E-state index in [0.717, 1.165) is 25.8 Å². The highest BCUT2D eigenvalue weighted by Gasteiger charge is 2.22. The third-order valence-corrected chi connectivity index (χ3v) is 2.32. The summed E-state index contributed by atoms with van der Waals surface area (Å²) in [4.78, 5) is 11.6. The second-order valence-electron chi connectivity index (χ2n) is 4.53. The number of hydrogen-bond donors (Lipinski definition) is 3. The lowest BCUT2D eigenvalue weighted by Gasteiger charge is -2.24. The van der Waals surface area contributed by atoms with Crippen LogP contribution in [0.3, 0.4) is 0 Å². The maximum absolute atomic E-state index is 11.6. The fourth-order valence-corrected chi connectivity index (χ4v) is 1.50. The van der Waals surface area contributed by atoms with E-state index in [-0.39, 0.29) is 11.9 Å². The van der Waals surface area contributed by atoms with Crippen LogP contribution in [-0.2, 0) is 4.79 Å². The number of rotatable bonds is 3. The number of amides is 1. The van der Waals surface area contributed by atoms with Crippen LogP contribution in [0.2, 0.25) is 0 Å². The molecule has 1 heterocycles. The quantitative estimate of drug-likeness (QED) is 0.601. The summed E-state index contributed by atoms with van der Waals surface area (Å²) in [6, 6.07) is -0.0638. The van der Waals surface area contributed by atoms with Gasteiger partial charge in [-0.1, -0.05) is 6.42 Å². The van der Waals surface area contributed by atoms with Crippen molar-refractivity contribution >= 4 is 5.91 Å². The number of aliphatic hydroxyl groups is 1. The Morgan fingerprint density at radius 2 is 2.29 bits per heavy atom. The highest BCUT2D eigenvalue weighted by atomic mass is 16.3. The molecule has 0 radical (unpaired) electrons. The lowest BCUT2D eigenvalue weighted by atomic mass is 10.0. The van der Waals surface area contributed by atoms with Gasteiger partial charge >= 0.3 is 0 Å². The molecule has 3 N–H and O–H groups in total. The smallest absolute Gasteiger partial charge is 0.237 e. The van der Waals surface area contributed by atoms with Gasteiger partial charge in [0.2, 0.25) is 5.91 Å². The van der Waals surface area contributed by atoms with E-state index in [1.807, 2.05) is 0 Å². The lowest BCUT2D eigenvalue weighted by Crippen LogP contribution is -2.49. The first kappa shape index (κ1) is 11.5. The summed E-state index contributed by atoms with van der Waals surface area (Å²) < 4.78 is 0. The Labute approximate surface area is 85.1 Å². The summed E-state index contributed by atoms with van der Waals surface area (Å²) >= 11 is 0. The van der Waals surface area contributed by atoms with Gasteiger partial charge in [0, 0.05) is 6.54 Å². The van der Waals surface area contributed by atoms with Crippen LogP contribution in [0.5, 0.6) is 0 Å². The van der Waals surface area contributed by atoms with Crippen LogP contribution < -0.4 is 10.6 Å². The number of carbonyl (C=O) groups excluding carboxylic acids is 1. The van der Waals surface area contributed by atoms with Crippen molar-refractivity contribution in [2.45, 2.75) is 44.8 Å². The van der Waals surface area contributed by atoms with E-state index >= 15 is 0 Å². The molecular formula is C10H20N2O2. The van der Waals surface area contributed by atoms with Gasteiger partial charge in [-0.3, -0.25) is 4.79 Å². The molecular weight excluding hydrogens is 180 g/mol. The summed E-state index contributed by atoms with van der Waals surface area (Å²) in [6.07, 6.45) is 3.15. The zero-order chi connectivity index (χ0) is 10.6. The average molecular weight is 200 g/mol. The predicted octanol–water partition coefficient (Wildman–Crippen LogP) is 0.0156. The molecule has 4 heteroatoms. The number of carbonyl (C=O) groups is 1. The zero-order valence-corrected chi connectivity index (χ0v) is 8.97. The van der Waals surface area contributed by atoms with E-state index in [4.69, 9.17) is 0 Å². The van der Waals surface area contributed by atoms with Gasteiger partial charge in [0.1, 0.15) is 0 Å². The monoisotopic (exact) mass is 200 g/mol. The van der Waals surface area contributed by atoms with Gasteiger partial charge in [-0.05, 0) is 33.2 Å². The Hall–Kier alpha value is -0.610. The van der Waals surface area contributed by atoms with E-state index in [0.29, 0.717) is 6.54 Å². The van der Waals surface area contributed by atoms with Crippen molar-refractivity contribution in [2.75, 3.05) is 13.1 Å². The van der Waals surface area contributed by atoms with Crippen LogP contribution in [0.15, 0.2) is 0 Å². The minimum Gasteiger partial charge on any atom is -0.389 e. The topological polar surface area (TPSA) is 61.4 Å². The molecule has 14 heavy (non-hydrogen) atoms. The van der Waals surface area contributed by atoms with Gasteiger partial charge in [0.05, 0.1) is 11.6 Å². The molecule has 0 bridgehead atoms. The molecule has 1 atom stereocenters. The standard InChI is InChI=1S/C10H20N2O2/c1-10(2,14)7-12-9(13)8-5-3-4-6-11-8/h8,11,14H,3-7H2,1-2H3,(H,12,13)/t8-/m1/s1. The zero-order valence-electron chi connectivity index (χ0n) is 8.97. The van der Waals surface area contributed by atoms with E-state index in [9.17, 15) is 9.90 Å². The average Bonchev–Trinajstić information content (AvgIpc) is 2.14. The van der Waals surface area contributed by atoms with Crippen molar-refractivity contribution in [3.05, 3.63) is 0 Å². The van der Waals surface area contributed by atoms with Crippen molar-refractivity contribution < 1.29 is 9.90 Å². The molecule has 0 aromatic rings. The normalized spacial score (nSPS) is 23.2. The molecule has 1 rings (SSSR count). The first-order valence-electron chi connectivity index (χ1n) is 5.22. The molecule has 1 amide bonds. The third-order valence-electron chi connectivity index (χ3n) is 2.32. The fourth-order valence-electron chi connectivity index (χ4n) is 1.50. The van der Waals surface area contributed by atoms with Crippen LogP contribution in [0.1, 0.15) is 33.1 Å². The van der Waals surface area contributed by atoms with Crippen LogP contribution in [0.4, 0.5) is 0 Å². The van der Waals surface area contributed by atoms with Crippen molar-refractivity contribution in [3.8, 4) is 0 Å². The SMILES string of the molecule is CC(C)(O)CNC(=O)[C@H]1CCCCN1. The van der Waals surface area contributed by atoms with Crippen LogP contribution >= 0.6 is 0 Å². The molecule has 0 saturated carbocycles. The Morgan fingerprint density at radius 3 is 2.79 bits per heavy atom. The van der Waals surface area contributed by atoms with E-state index in [1.165, 1.54) is 0 Å². The maximum Gasteiger partial charge on any atom is 0.237 e. The maximum atomic E-state index is 11.6. The molecule has 0 aromatic carbocycles. The predicted molar refractivity (Wildman–Crippen MR) is 54.9 cm³/mol. The molecule has 82 valence electrons. The van der Waals surface area contributed by atoms with Gasteiger partial charge in [-0.2, -0.15) is 0 Å². The molecule has 0 spiro atoms. The van der Waals surface area contributed by atoms with Gasteiger partial charge in [-0.15, -0.1) is 0 Å².